The minimum atomic E-state index is 0. The molecule has 0 aliphatic rings. The summed E-state index contributed by atoms with van der Waals surface area (Å²) in [5, 5.41) is 4.02. The van der Waals surface area contributed by atoms with Gasteiger partial charge >= 0.3 is 58.2 Å². The molecule has 0 radical (unpaired) electrons. The molecule has 0 aliphatic carbocycles. The van der Waals surface area contributed by atoms with Gasteiger partial charge in [0.1, 0.15) is 0 Å². The van der Waals surface area contributed by atoms with E-state index < -0.39 is 0 Å². The van der Waals surface area contributed by atoms with Gasteiger partial charge in [0.2, 0.25) is 0 Å². The second-order valence-corrected chi connectivity index (χ2v) is 2.39. The molecule has 0 aromatic carbocycles. The van der Waals surface area contributed by atoms with Crippen molar-refractivity contribution < 1.29 is 58.2 Å². The van der Waals surface area contributed by atoms with E-state index in [-0.39, 0.29) is 63.7 Å². The topological polar surface area (TPSA) is 14.1 Å². The summed E-state index contributed by atoms with van der Waals surface area (Å²) in [5.41, 5.74) is 0.167. The molecule has 0 N–H and O–H groups in total. The van der Waals surface area contributed by atoms with E-state index in [4.69, 9.17) is 0 Å². The van der Waals surface area contributed by atoms with Crippen molar-refractivity contribution in [2.24, 2.45) is 0 Å². The van der Waals surface area contributed by atoms with Crippen LogP contribution < -0.4 is 58.2 Å². The summed E-state index contributed by atoms with van der Waals surface area (Å²) >= 11 is 0. The van der Waals surface area contributed by atoms with Crippen LogP contribution in [-0.4, -0.2) is 12.6 Å². The third-order valence-electron chi connectivity index (χ3n) is 0.671. The van der Waals surface area contributed by atoms with E-state index in [1.165, 1.54) is 0 Å². The van der Waals surface area contributed by atoms with E-state index in [0.29, 0.717) is 0 Å². The fraction of sp³-hybridized carbons (Fsp3) is 1.00. The summed E-state index contributed by atoms with van der Waals surface area (Å²) in [6, 6.07) is 0. The van der Waals surface area contributed by atoms with E-state index in [0.717, 1.165) is 0 Å². The van der Waals surface area contributed by atoms with Gasteiger partial charge in [-0.1, -0.05) is 20.8 Å². The molecule has 0 fully saturated rings. The number of rotatable bonds is 0. The van der Waals surface area contributed by atoms with Crippen LogP contribution in [0.1, 0.15) is 20.8 Å². The summed E-state index contributed by atoms with van der Waals surface area (Å²) in [4.78, 5) is 0. The number of nitrogens with zero attached hydrogens (tertiary/aromatic N) is 1. The van der Waals surface area contributed by atoms with E-state index in [1.54, 1.807) is 0 Å². The summed E-state index contributed by atoms with van der Waals surface area (Å²) in [5.74, 6) is 0. The molecule has 0 aromatic rings. The quantitative estimate of drug-likeness (QED) is 0.435. The van der Waals surface area contributed by atoms with Crippen molar-refractivity contribution in [3.05, 3.63) is 5.32 Å². The molecule has 38 valence electrons. The molecule has 0 amide bonds. The molecule has 0 aliphatic heterocycles. The van der Waals surface area contributed by atoms with E-state index in [2.05, 4.69) is 26.1 Å². The molecule has 7 heavy (non-hydrogen) atoms. The largest absolute Gasteiger partial charge is 1.00 e. The van der Waals surface area contributed by atoms with Crippen molar-refractivity contribution in [1.82, 2.24) is 0 Å². The first-order chi connectivity index (χ1) is 2.56. The Morgan fingerprint density at radius 3 is 1.29 bits per heavy atom. The second-order valence-electron chi connectivity index (χ2n) is 2.39. The molecule has 0 saturated heterocycles. The molecule has 0 atom stereocenters. The van der Waals surface area contributed by atoms with Gasteiger partial charge in [0.15, 0.2) is 0 Å². The van der Waals surface area contributed by atoms with Gasteiger partial charge in [-0.25, -0.2) is 0 Å². The van der Waals surface area contributed by atoms with Gasteiger partial charge in [0.25, 0.3) is 0 Å². The maximum atomic E-state index is 4.02. The zero-order chi connectivity index (χ0) is 5.21. The molecule has 0 heterocycles. The Labute approximate surface area is 95.0 Å². The van der Waals surface area contributed by atoms with Crippen LogP contribution in [0.3, 0.4) is 0 Å². The van der Waals surface area contributed by atoms with Crippen molar-refractivity contribution in [1.29, 1.82) is 0 Å². The molecule has 0 bridgehead atoms. The van der Waals surface area contributed by atoms with Crippen molar-refractivity contribution in [2.45, 2.75) is 26.3 Å². The summed E-state index contributed by atoms with van der Waals surface area (Å²) in [7, 11) is 1.83. The van der Waals surface area contributed by atoms with Crippen LogP contribution in [0.15, 0.2) is 0 Å². The zero-order valence-corrected chi connectivity index (χ0v) is 10.9. The molecule has 0 aromatic heterocycles. The van der Waals surface area contributed by atoms with Crippen molar-refractivity contribution >= 4 is 0 Å². The van der Waals surface area contributed by atoms with Crippen molar-refractivity contribution in [2.75, 3.05) is 7.05 Å². The molecule has 2 heteroatoms. The Bertz CT molecular complexity index is 37.8. The standard InChI is InChI=1S/C5H12N.Rb/c1-5(2,3)6-4;/h1-4H3;/q-1;+1. The normalized spacial score (nSPS) is 10.3. The van der Waals surface area contributed by atoms with E-state index in [1.807, 2.05) is 7.05 Å². The molecule has 0 rings (SSSR count). The van der Waals surface area contributed by atoms with Gasteiger partial charge in [0, 0.05) is 0 Å². The van der Waals surface area contributed by atoms with Crippen LogP contribution in [0.5, 0.6) is 0 Å². The van der Waals surface area contributed by atoms with Crippen LogP contribution in [0.2, 0.25) is 0 Å². The number of hydrogen-bond acceptors (Lipinski definition) is 0. The second kappa shape index (κ2) is 4.63. The SMILES string of the molecule is C[N-]C(C)(C)C.[Rb+]. The average Bonchev–Trinajstić information content (AvgIpc) is 1.35. The average molecular weight is 172 g/mol. The summed E-state index contributed by atoms with van der Waals surface area (Å²) in [6.45, 7) is 6.23. The fourth-order valence-electron chi connectivity index (χ4n) is 0. The van der Waals surface area contributed by atoms with Crippen LogP contribution in [0.25, 0.3) is 5.32 Å². The number of hydrogen-bond donors (Lipinski definition) is 0. The minimum Gasteiger partial charge on any atom is -0.660 e. The predicted molar refractivity (Wildman–Crippen MR) is 29.0 cm³/mol. The van der Waals surface area contributed by atoms with Gasteiger partial charge in [-0.2, -0.15) is 7.05 Å². The smallest absolute Gasteiger partial charge is 0.660 e. The first-order valence-corrected chi connectivity index (χ1v) is 2.17. The molecular formula is C5H12NRb. The Morgan fingerprint density at radius 2 is 1.29 bits per heavy atom. The minimum absolute atomic E-state index is 0. The first kappa shape index (κ1) is 11.5. The summed E-state index contributed by atoms with van der Waals surface area (Å²) in [6.07, 6.45) is 0. The van der Waals surface area contributed by atoms with Crippen LogP contribution in [0, 0.1) is 0 Å². The molecular weight excluding hydrogens is 160 g/mol. The Hall–Kier alpha value is 1.77. The zero-order valence-electron chi connectivity index (χ0n) is 5.95. The maximum Gasteiger partial charge on any atom is 1.00 e. The Balaban J connectivity index is 0. The van der Waals surface area contributed by atoms with E-state index in [9.17, 15) is 0 Å². The maximum absolute atomic E-state index is 4.02. The van der Waals surface area contributed by atoms with Gasteiger partial charge in [-0.3, -0.25) is 0 Å². The Kier molecular flexibility index (Phi) is 7.63. The van der Waals surface area contributed by atoms with Gasteiger partial charge in [-0.05, 0) is 0 Å². The third-order valence-corrected chi connectivity index (χ3v) is 0.671. The third kappa shape index (κ3) is 11.4. The molecule has 0 unspecified atom stereocenters. The van der Waals surface area contributed by atoms with Gasteiger partial charge in [-0.15, -0.1) is 5.54 Å². The van der Waals surface area contributed by atoms with E-state index >= 15 is 0 Å². The van der Waals surface area contributed by atoms with Gasteiger partial charge < -0.3 is 5.32 Å². The Morgan fingerprint density at radius 1 is 1.14 bits per heavy atom. The predicted octanol–water partition coefficient (Wildman–Crippen LogP) is -1.21. The van der Waals surface area contributed by atoms with Crippen LogP contribution in [0.4, 0.5) is 0 Å². The fourth-order valence-corrected chi connectivity index (χ4v) is 0. The first-order valence-electron chi connectivity index (χ1n) is 2.17. The van der Waals surface area contributed by atoms with Crippen LogP contribution >= 0.6 is 0 Å². The summed E-state index contributed by atoms with van der Waals surface area (Å²) < 4.78 is 0. The monoisotopic (exact) mass is 171 g/mol. The van der Waals surface area contributed by atoms with Crippen molar-refractivity contribution in [3.63, 3.8) is 0 Å². The van der Waals surface area contributed by atoms with Gasteiger partial charge in [0.05, 0.1) is 0 Å². The van der Waals surface area contributed by atoms with Crippen molar-refractivity contribution in [3.8, 4) is 0 Å². The molecule has 1 nitrogen and oxygen atoms in total. The molecule has 0 saturated carbocycles. The molecule has 0 spiro atoms. The van der Waals surface area contributed by atoms with Crippen LogP contribution in [-0.2, 0) is 0 Å².